The van der Waals surface area contributed by atoms with Gasteiger partial charge >= 0.3 is 23.9 Å². The van der Waals surface area contributed by atoms with Crippen LogP contribution in [0.15, 0.2) is 24.3 Å². The van der Waals surface area contributed by atoms with Crippen LogP contribution in [-0.4, -0.2) is 46.3 Å². The molecule has 0 fully saturated rings. The second-order valence-electron chi connectivity index (χ2n) is 2.68. The molecular weight excluding hydrogens is 248 g/mol. The highest BCUT2D eigenvalue weighted by molar-refractivity contribution is 5.92. The van der Waals surface area contributed by atoms with Crippen LogP contribution in [-0.2, 0) is 23.9 Å². The Labute approximate surface area is 102 Å². The summed E-state index contributed by atoms with van der Waals surface area (Å²) in [7, 11) is 1.18. The number of methoxy groups -OCH3 is 1. The van der Waals surface area contributed by atoms with Gasteiger partial charge in [0.2, 0.25) is 0 Å². The predicted octanol–water partition coefficient (Wildman–Crippen LogP) is -0.0979. The van der Waals surface area contributed by atoms with Crippen molar-refractivity contribution < 1.29 is 39.2 Å². The molecule has 0 saturated carbocycles. The van der Waals surface area contributed by atoms with E-state index in [0.29, 0.717) is 12.2 Å². The lowest BCUT2D eigenvalue weighted by Crippen LogP contribution is -2.07. The van der Waals surface area contributed by atoms with Crippen molar-refractivity contribution in [2.45, 2.75) is 6.42 Å². The van der Waals surface area contributed by atoms with Crippen LogP contribution in [0, 0.1) is 0 Å². The molecule has 0 unspecified atom stereocenters. The molecule has 3 N–H and O–H groups in total. The Morgan fingerprint density at radius 2 is 1.44 bits per heavy atom. The zero-order chi connectivity index (χ0) is 14.7. The Hall–Kier alpha value is -2.64. The molecule has 0 spiro atoms. The summed E-state index contributed by atoms with van der Waals surface area (Å²) in [6.07, 6.45) is 0.747. The maximum absolute atomic E-state index is 10.5. The summed E-state index contributed by atoms with van der Waals surface area (Å²) in [6, 6.07) is 0. The summed E-state index contributed by atoms with van der Waals surface area (Å²) >= 11 is 0. The molecule has 18 heavy (non-hydrogen) atoms. The van der Waals surface area contributed by atoms with E-state index in [1.807, 2.05) is 0 Å². The predicted molar refractivity (Wildman–Crippen MR) is 57.8 cm³/mol. The molecule has 8 heteroatoms. The van der Waals surface area contributed by atoms with Crippen molar-refractivity contribution in [3.63, 3.8) is 0 Å². The van der Waals surface area contributed by atoms with E-state index in [-0.39, 0.29) is 12.0 Å². The molecule has 0 aromatic carbocycles. The van der Waals surface area contributed by atoms with Crippen LogP contribution in [0.25, 0.3) is 0 Å². The summed E-state index contributed by atoms with van der Waals surface area (Å²) < 4.78 is 4.21. The molecule has 0 rings (SSSR count). The zero-order valence-electron chi connectivity index (χ0n) is 9.45. The van der Waals surface area contributed by atoms with Crippen LogP contribution in [0.3, 0.4) is 0 Å². The minimum atomic E-state index is -1.26. The van der Waals surface area contributed by atoms with Crippen LogP contribution in [0.4, 0.5) is 0 Å². The topological polar surface area (TPSA) is 138 Å². The number of carboxylic acids is 3. The highest BCUT2D eigenvalue weighted by Gasteiger charge is 2.09. The lowest BCUT2D eigenvalue weighted by atomic mass is 10.2. The van der Waals surface area contributed by atoms with Gasteiger partial charge in [-0.1, -0.05) is 6.58 Å². The molecule has 0 radical (unpaired) electrons. The van der Waals surface area contributed by atoms with E-state index in [1.54, 1.807) is 0 Å². The van der Waals surface area contributed by atoms with Crippen LogP contribution < -0.4 is 0 Å². The van der Waals surface area contributed by atoms with Gasteiger partial charge in [-0.25, -0.2) is 14.4 Å². The summed E-state index contributed by atoms with van der Waals surface area (Å²) in [5.41, 5.74) is -0.0463. The number of hydrogen-bond donors (Lipinski definition) is 3. The van der Waals surface area contributed by atoms with E-state index >= 15 is 0 Å². The molecule has 0 aromatic rings. The summed E-state index contributed by atoms with van der Waals surface area (Å²) in [5, 5.41) is 23.8. The fourth-order valence-corrected chi connectivity index (χ4v) is 0.542. The number of hydrogen-bond acceptors (Lipinski definition) is 5. The normalized spacial score (nSPS) is 8.94. The standard InChI is InChI=1S/C6H8O4.C4H4O4/c1-4(3-5(7)8)6(9)10-2;5-3(6)1-2-4(7)8/h1,3H2,2H3,(H,7,8);1-2H,(H,5,6)(H,7,8)/b;2-1-. The molecule has 0 amide bonds. The Morgan fingerprint density at radius 1 is 1.06 bits per heavy atom. The third-order valence-electron chi connectivity index (χ3n) is 1.21. The monoisotopic (exact) mass is 260 g/mol. The van der Waals surface area contributed by atoms with E-state index in [2.05, 4.69) is 11.3 Å². The molecule has 0 aliphatic rings. The van der Waals surface area contributed by atoms with Crippen molar-refractivity contribution in [1.82, 2.24) is 0 Å². The zero-order valence-corrected chi connectivity index (χ0v) is 9.45. The molecule has 0 aliphatic carbocycles. The van der Waals surface area contributed by atoms with Crippen LogP contribution in [0.1, 0.15) is 6.42 Å². The number of carbonyl (C=O) groups excluding carboxylic acids is 1. The molecule has 0 atom stereocenters. The van der Waals surface area contributed by atoms with Gasteiger partial charge in [-0.15, -0.1) is 0 Å². The van der Waals surface area contributed by atoms with Gasteiger partial charge < -0.3 is 20.1 Å². The fraction of sp³-hybridized carbons (Fsp3) is 0.200. The van der Waals surface area contributed by atoms with E-state index in [4.69, 9.17) is 15.3 Å². The lowest BCUT2D eigenvalue weighted by Gasteiger charge is -1.97. The van der Waals surface area contributed by atoms with Gasteiger partial charge in [0.15, 0.2) is 0 Å². The first-order valence-corrected chi connectivity index (χ1v) is 4.32. The van der Waals surface area contributed by atoms with Gasteiger partial charge in [-0.2, -0.15) is 0 Å². The highest BCUT2D eigenvalue weighted by Crippen LogP contribution is 1.98. The van der Waals surface area contributed by atoms with Crippen molar-refractivity contribution in [1.29, 1.82) is 0 Å². The van der Waals surface area contributed by atoms with Gasteiger partial charge in [-0.05, 0) is 0 Å². The van der Waals surface area contributed by atoms with Crippen LogP contribution in [0.5, 0.6) is 0 Å². The van der Waals surface area contributed by atoms with E-state index < -0.39 is 23.9 Å². The molecule has 0 saturated heterocycles. The third-order valence-corrected chi connectivity index (χ3v) is 1.21. The average Bonchev–Trinajstić information content (AvgIpc) is 2.25. The fourth-order valence-electron chi connectivity index (χ4n) is 0.542. The third kappa shape index (κ3) is 13.4. The molecular formula is C10H12O8. The molecule has 0 bridgehead atoms. The van der Waals surface area contributed by atoms with Gasteiger partial charge in [0.05, 0.1) is 13.5 Å². The number of ether oxygens (including phenoxy) is 1. The maximum atomic E-state index is 10.5. The second-order valence-corrected chi connectivity index (χ2v) is 2.68. The highest BCUT2D eigenvalue weighted by atomic mass is 16.5. The number of carbonyl (C=O) groups is 4. The van der Waals surface area contributed by atoms with Crippen molar-refractivity contribution >= 4 is 23.9 Å². The van der Waals surface area contributed by atoms with Gasteiger partial charge in [-0.3, -0.25) is 4.79 Å². The molecule has 0 aromatic heterocycles. The van der Waals surface area contributed by atoms with Crippen molar-refractivity contribution in [2.24, 2.45) is 0 Å². The average molecular weight is 260 g/mol. The molecule has 100 valence electrons. The lowest BCUT2D eigenvalue weighted by molar-refractivity contribution is -0.141. The Kier molecular flexibility index (Phi) is 9.44. The molecule has 0 heterocycles. The number of rotatable bonds is 5. The minimum absolute atomic E-state index is 0.0463. The quantitative estimate of drug-likeness (QED) is 0.460. The summed E-state index contributed by atoms with van der Waals surface area (Å²) in [4.78, 5) is 39.5. The molecule has 0 aliphatic heterocycles. The first-order chi connectivity index (χ1) is 8.20. The van der Waals surface area contributed by atoms with Crippen molar-refractivity contribution in [3.8, 4) is 0 Å². The SMILES string of the molecule is C=C(CC(=O)O)C(=O)OC.O=C(O)/C=C\C(=O)O. The summed E-state index contributed by atoms with van der Waals surface area (Å²) in [5.74, 6) is -4.28. The van der Waals surface area contributed by atoms with Crippen LogP contribution >= 0.6 is 0 Å². The number of esters is 1. The van der Waals surface area contributed by atoms with Crippen molar-refractivity contribution in [2.75, 3.05) is 7.11 Å². The first kappa shape index (κ1) is 17.7. The van der Waals surface area contributed by atoms with Crippen LogP contribution in [0.2, 0.25) is 0 Å². The van der Waals surface area contributed by atoms with Crippen molar-refractivity contribution in [3.05, 3.63) is 24.3 Å². The second kappa shape index (κ2) is 9.58. The smallest absolute Gasteiger partial charge is 0.333 e. The number of aliphatic carboxylic acids is 3. The number of carboxylic acid groups (broad SMARTS) is 3. The minimum Gasteiger partial charge on any atom is -0.481 e. The van der Waals surface area contributed by atoms with Gasteiger partial charge in [0.1, 0.15) is 0 Å². The molecule has 8 nitrogen and oxygen atoms in total. The van der Waals surface area contributed by atoms with E-state index in [1.165, 1.54) is 7.11 Å². The Morgan fingerprint density at radius 3 is 1.67 bits per heavy atom. The van der Waals surface area contributed by atoms with E-state index in [9.17, 15) is 19.2 Å². The van der Waals surface area contributed by atoms with Gasteiger partial charge in [0.25, 0.3) is 0 Å². The first-order valence-electron chi connectivity index (χ1n) is 4.32. The van der Waals surface area contributed by atoms with Gasteiger partial charge in [0, 0.05) is 17.7 Å². The largest absolute Gasteiger partial charge is 0.481 e. The summed E-state index contributed by atoms with van der Waals surface area (Å²) in [6.45, 7) is 3.21. The Bertz CT molecular complexity index is 363. The Balaban J connectivity index is 0. The van der Waals surface area contributed by atoms with E-state index in [0.717, 1.165) is 0 Å². The maximum Gasteiger partial charge on any atom is 0.333 e.